The number of amides is 1. The first-order chi connectivity index (χ1) is 14.0. The molecular formula is C23H26N4O2. The number of hydrogen-bond donors (Lipinski definition) is 1. The standard InChI is InChI=1S/C23H26N4O2/c1-16-12-17(2)14-19(13-16)23(28)27-10-8-26(9-11-27)22-15-21(24-25-22)18-4-6-20(29-3)7-5-18/h4-7,12-15H,8-11H2,1-3H3,(H,24,25). The Labute approximate surface area is 171 Å². The molecule has 0 unspecified atom stereocenters. The monoisotopic (exact) mass is 390 g/mol. The van der Waals surface area contributed by atoms with Gasteiger partial charge in [0.25, 0.3) is 5.91 Å². The topological polar surface area (TPSA) is 61.5 Å². The number of piperazine rings is 1. The van der Waals surface area contributed by atoms with Gasteiger partial charge < -0.3 is 14.5 Å². The molecule has 29 heavy (non-hydrogen) atoms. The van der Waals surface area contributed by atoms with Gasteiger partial charge in [0.1, 0.15) is 5.75 Å². The van der Waals surface area contributed by atoms with Crippen molar-refractivity contribution in [1.29, 1.82) is 0 Å². The van der Waals surface area contributed by atoms with E-state index in [0.29, 0.717) is 13.1 Å². The molecule has 4 rings (SSSR count). The number of H-pyrrole nitrogens is 1. The van der Waals surface area contributed by atoms with E-state index < -0.39 is 0 Å². The highest BCUT2D eigenvalue weighted by Gasteiger charge is 2.24. The summed E-state index contributed by atoms with van der Waals surface area (Å²) in [5, 5.41) is 7.59. The summed E-state index contributed by atoms with van der Waals surface area (Å²) in [6, 6.07) is 16.0. The number of aromatic amines is 1. The second-order valence-electron chi connectivity index (χ2n) is 7.52. The lowest BCUT2D eigenvalue weighted by atomic mass is 10.1. The molecule has 6 heteroatoms. The van der Waals surface area contributed by atoms with E-state index in [-0.39, 0.29) is 5.91 Å². The Bertz CT molecular complexity index is 982. The van der Waals surface area contributed by atoms with E-state index in [9.17, 15) is 4.79 Å². The molecule has 6 nitrogen and oxygen atoms in total. The Hall–Kier alpha value is -3.28. The number of carbonyl (C=O) groups excluding carboxylic acids is 1. The van der Waals surface area contributed by atoms with Crippen LogP contribution in [0.1, 0.15) is 21.5 Å². The third kappa shape index (κ3) is 4.11. The number of hydrogen-bond acceptors (Lipinski definition) is 4. The normalized spacial score (nSPS) is 14.2. The third-order valence-electron chi connectivity index (χ3n) is 5.32. The zero-order valence-corrected chi connectivity index (χ0v) is 17.1. The highest BCUT2D eigenvalue weighted by Crippen LogP contribution is 2.25. The smallest absolute Gasteiger partial charge is 0.253 e. The zero-order valence-electron chi connectivity index (χ0n) is 17.1. The van der Waals surface area contributed by atoms with E-state index in [1.807, 2.05) is 55.1 Å². The van der Waals surface area contributed by atoms with Gasteiger partial charge in [0.05, 0.1) is 12.8 Å². The third-order valence-corrected chi connectivity index (χ3v) is 5.32. The van der Waals surface area contributed by atoms with Crippen LogP contribution in [0.5, 0.6) is 5.75 Å². The number of methoxy groups -OCH3 is 1. The summed E-state index contributed by atoms with van der Waals surface area (Å²) in [7, 11) is 1.66. The fraction of sp³-hybridized carbons (Fsp3) is 0.304. The van der Waals surface area contributed by atoms with Gasteiger partial charge >= 0.3 is 0 Å². The molecule has 1 aliphatic rings. The van der Waals surface area contributed by atoms with Crippen LogP contribution in [0.2, 0.25) is 0 Å². The number of ether oxygens (including phenoxy) is 1. The number of anilines is 1. The van der Waals surface area contributed by atoms with Gasteiger partial charge in [-0.05, 0) is 55.8 Å². The molecule has 0 atom stereocenters. The highest BCUT2D eigenvalue weighted by molar-refractivity contribution is 5.94. The maximum absolute atomic E-state index is 12.9. The number of nitrogens with one attached hydrogen (secondary N) is 1. The van der Waals surface area contributed by atoms with Gasteiger partial charge in [-0.25, -0.2) is 0 Å². The molecule has 0 aliphatic carbocycles. The second kappa shape index (κ2) is 7.99. The van der Waals surface area contributed by atoms with Crippen LogP contribution in [0.4, 0.5) is 5.82 Å². The predicted octanol–water partition coefficient (Wildman–Crippen LogP) is 3.66. The van der Waals surface area contributed by atoms with E-state index in [1.54, 1.807) is 7.11 Å². The minimum Gasteiger partial charge on any atom is -0.497 e. The van der Waals surface area contributed by atoms with Crippen molar-refractivity contribution in [2.24, 2.45) is 0 Å². The highest BCUT2D eigenvalue weighted by atomic mass is 16.5. The van der Waals surface area contributed by atoms with Crippen LogP contribution in [0.25, 0.3) is 11.3 Å². The van der Waals surface area contributed by atoms with E-state index >= 15 is 0 Å². The summed E-state index contributed by atoms with van der Waals surface area (Å²) in [5.74, 6) is 1.85. The Morgan fingerprint density at radius 2 is 1.62 bits per heavy atom. The fourth-order valence-corrected chi connectivity index (χ4v) is 3.81. The van der Waals surface area contributed by atoms with Crippen LogP contribution >= 0.6 is 0 Å². The largest absolute Gasteiger partial charge is 0.497 e. The first kappa shape index (κ1) is 19.1. The number of aryl methyl sites for hydroxylation is 2. The number of aromatic nitrogens is 2. The van der Waals surface area contributed by atoms with E-state index in [0.717, 1.165) is 52.6 Å². The molecule has 3 aromatic rings. The average Bonchev–Trinajstić information content (AvgIpc) is 3.23. The van der Waals surface area contributed by atoms with Crippen LogP contribution in [0.3, 0.4) is 0 Å². The molecule has 1 aromatic heterocycles. The van der Waals surface area contributed by atoms with Crippen molar-refractivity contribution in [3.05, 3.63) is 65.2 Å². The Morgan fingerprint density at radius 3 is 2.24 bits per heavy atom. The zero-order chi connectivity index (χ0) is 20.4. The molecule has 1 aliphatic heterocycles. The molecule has 0 saturated carbocycles. The summed E-state index contributed by atoms with van der Waals surface area (Å²) in [6.45, 7) is 6.97. The first-order valence-corrected chi connectivity index (χ1v) is 9.86. The van der Waals surface area contributed by atoms with Crippen molar-refractivity contribution in [3.63, 3.8) is 0 Å². The van der Waals surface area contributed by atoms with Gasteiger partial charge in [0.15, 0.2) is 5.82 Å². The van der Waals surface area contributed by atoms with Crippen LogP contribution < -0.4 is 9.64 Å². The molecule has 0 spiro atoms. The summed E-state index contributed by atoms with van der Waals surface area (Å²) in [4.78, 5) is 17.0. The Kier molecular flexibility index (Phi) is 5.25. The predicted molar refractivity (Wildman–Crippen MR) is 115 cm³/mol. The van der Waals surface area contributed by atoms with Gasteiger partial charge in [-0.15, -0.1) is 0 Å². The van der Waals surface area contributed by atoms with E-state index in [1.165, 1.54) is 0 Å². The van der Waals surface area contributed by atoms with Crippen molar-refractivity contribution < 1.29 is 9.53 Å². The fourth-order valence-electron chi connectivity index (χ4n) is 3.81. The molecule has 1 fully saturated rings. The molecule has 0 radical (unpaired) electrons. The number of benzene rings is 2. The molecule has 1 N–H and O–H groups in total. The lowest BCUT2D eigenvalue weighted by molar-refractivity contribution is 0.0746. The van der Waals surface area contributed by atoms with E-state index in [4.69, 9.17) is 4.74 Å². The van der Waals surface area contributed by atoms with Gasteiger partial charge in [-0.3, -0.25) is 9.89 Å². The maximum atomic E-state index is 12.9. The van der Waals surface area contributed by atoms with Gasteiger partial charge in [-0.2, -0.15) is 5.10 Å². The quantitative estimate of drug-likeness (QED) is 0.738. The number of rotatable bonds is 4. The molecule has 0 bridgehead atoms. The molecule has 2 aromatic carbocycles. The van der Waals surface area contributed by atoms with Crippen LogP contribution in [0.15, 0.2) is 48.5 Å². The van der Waals surface area contributed by atoms with Gasteiger partial charge in [0.2, 0.25) is 0 Å². The summed E-state index contributed by atoms with van der Waals surface area (Å²) in [5.41, 5.74) is 5.05. The van der Waals surface area contributed by atoms with Gasteiger partial charge in [-0.1, -0.05) is 17.2 Å². The molecule has 1 saturated heterocycles. The number of nitrogens with zero attached hydrogens (tertiary/aromatic N) is 3. The van der Waals surface area contributed by atoms with Crippen molar-refractivity contribution in [2.75, 3.05) is 38.2 Å². The average molecular weight is 390 g/mol. The molecule has 150 valence electrons. The van der Waals surface area contributed by atoms with Crippen molar-refractivity contribution in [2.45, 2.75) is 13.8 Å². The SMILES string of the molecule is COc1ccc(-c2cc(N3CCN(C(=O)c4cc(C)cc(C)c4)CC3)n[nH]2)cc1. The summed E-state index contributed by atoms with van der Waals surface area (Å²) >= 11 is 0. The molecular weight excluding hydrogens is 364 g/mol. The summed E-state index contributed by atoms with van der Waals surface area (Å²) < 4.78 is 5.21. The minimum absolute atomic E-state index is 0.109. The van der Waals surface area contributed by atoms with Crippen LogP contribution in [0, 0.1) is 13.8 Å². The molecule has 1 amide bonds. The van der Waals surface area contributed by atoms with Crippen LogP contribution in [-0.4, -0.2) is 54.3 Å². The van der Waals surface area contributed by atoms with E-state index in [2.05, 4.69) is 27.2 Å². The van der Waals surface area contributed by atoms with Crippen molar-refractivity contribution >= 4 is 11.7 Å². The second-order valence-corrected chi connectivity index (χ2v) is 7.52. The summed E-state index contributed by atoms with van der Waals surface area (Å²) in [6.07, 6.45) is 0. The molecule has 2 heterocycles. The Balaban J connectivity index is 1.40. The Morgan fingerprint density at radius 1 is 0.966 bits per heavy atom. The maximum Gasteiger partial charge on any atom is 0.253 e. The van der Waals surface area contributed by atoms with Gasteiger partial charge in [0, 0.05) is 37.8 Å². The number of carbonyl (C=O) groups is 1. The minimum atomic E-state index is 0.109. The van der Waals surface area contributed by atoms with Crippen molar-refractivity contribution in [3.8, 4) is 17.0 Å². The lowest BCUT2D eigenvalue weighted by Gasteiger charge is -2.35. The lowest BCUT2D eigenvalue weighted by Crippen LogP contribution is -2.49. The first-order valence-electron chi connectivity index (χ1n) is 9.86. The van der Waals surface area contributed by atoms with Crippen molar-refractivity contribution in [1.82, 2.24) is 15.1 Å². The van der Waals surface area contributed by atoms with Crippen LogP contribution in [-0.2, 0) is 0 Å².